The average molecular weight is 430 g/mol. The number of hydrogen-bond acceptors (Lipinski definition) is 5. The summed E-state index contributed by atoms with van der Waals surface area (Å²) in [6.07, 6.45) is 5.73. The SMILES string of the molecule is O=S(=O)(c1ccc(CNCc2ccc(-n3cncn3)c(F)c2)cc1)N1CCCCC1. The normalized spacial score (nSPS) is 15.4. The van der Waals surface area contributed by atoms with Crippen LogP contribution in [0.2, 0.25) is 0 Å². The third-order valence-electron chi connectivity index (χ3n) is 5.21. The fourth-order valence-electron chi connectivity index (χ4n) is 3.56. The van der Waals surface area contributed by atoms with Gasteiger partial charge in [-0.25, -0.2) is 22.5 Å². The first kappa shape index (κ1) is 20.6. The minimum absolute atomic E-state index is 0.332. The maximum atomic E-state index is 14.3. The molecule has 0 spiro atoms. The molecule has 2 aromatic carbocycles. The molecule has 0 bridgehead atoms. The van der Waals surface area contributed by atoms with Crippen molar-refractivity contribution in [2.24, 2.45) is 0 Å². The predicted molar refractivity (Wildman–Crippen MR) is 111 cm³/mol. The van der Waals surface area contributed by atoms with Gasteiger partial charge in [-0.05, 0) is 48.2 Å². The molecule has 1 N–H and O–H groups in total. The van der Waals surface area contributed by atoms with E-state index in [0.29, 0.717) is 36.8 Å². The van der Waals surface area contributed by atoms with Crippen LogP contribution < -0.4 is 5.32 Å². The Hall–Kier alpha value is -2.62. The summed E-state index contributed by atoms with van der Waals surface area (Å²) in [4.78, 5) is 4.16. The molecule has 3 aromatic rings. The Morgan fingerprint density at radius 2 is 1.67 bits per heavy atom. The lowest BCUT2D eigenvalue weighted by atomic mass is 10.2. The molecule has 0 radical (unpaired) electrons. The summed E-state index contributed by atoms with van der Waals surface area (Å²) in [5, 5.41) is 7.20. The second kappa shape index (κ2) is 9.03. The van der Waals surface area contributed by atoms with Crippen LogP contribution in [-0.4, -0.2) is 40.6 Å². The fourth-order valence-corrected chi connectivity index (χ4v) is 5.08. The van der Waals surface area contributed by atoms with E-state index in [9.17, 15) is 12.8 Å². The van der Waals surface area contributed by atoms with Gasteiger partial charge in [0.15, 0.2) is 0 Å². The lowest BCUT2D eigenvalue weighted by Crippen LogP contribution is -2.35. The minimum Gasteiger partial charge on any atom is -0.309 e. The van der Waals surface area contributed by atoms with Crippen LogP contribution in [0.15, 0.2) is 60.0 Å². The van der Waals surface area contributed by atoms with Gasteiger partial charge in [0.05, 0.1) is 4.90 Å². The molecule has 1 aromatic heterocycles. The number of halogens is 1. The summed E-state index contributed by atoms with van der Waals surface area (Å²) in [7, 11) is -3.41. The monoisotopic (exact) mass is 429 g/mol. The quantitative estimate of drug-likeness (QED) is 0.625. The first-order chi connectivity index (χ1) is 14.5. The molecule has 4 rings (SSSR count). The highest BCUT2D eigenvalue weighted by Gasteiger charge is 2.25. The predicted octanol–water partition coefficient (Wildman–Crippen LogP) is 2.87. The molecule has 158 valence electrons. The van der Waals surface area contributed by atoms with Crippen LogP contribution >= 0.6 is 0 Å². The van der Waals surface area contributed by atoms with Crippen molar-refractivity contribution >= 4 is 10.0 Å². The molecule has 7 nitrogen and oxygen atoms in total. The van der Waals surface area contributed by atoms with E-state index < -0.39 is 10.0 Å². The van der Waals surface area contributed by atoms with Crippen LogP contribution in [0.4, 0.5) is 4.39 Å². The van der Waals surface area contributed by atoms with Crippen molar-refractivity contribution in [1.82, 2.24) is 24.4 Å². The molecule has 1 saturated heterocycles. The van der Waals surface area contributed by atoms with Gasteiger partial charge in [0.25, 0.3) is 0 Å². The third-order valence-corrected chi connectivity index (χ3v) is 7.12. The Balaban J connectivity index is 1.34. The second-order valence-electron chi connectivity index (χ2n) is 7.34. The van der Waals surface area contributed by atoms with Crippen LogP contribution in [0, 0.1) is 5.82 Å². The molecule has 0 unspecified atom stereocenters. The van der Waals surface area contributed by atoms with E-state index in [-0.39, 0.29) is 5.82 Å². The van der Waals surface area contributed by atoms with E-state index in [2.05, 4.69) is 15.4 Å². The van der Waals surface area contributed by atoms with Gasteiger partial charge < -0.3 is 5.32 Å². The first-order valence-electron chi connectivity index (χ1n) is 9.97. The molecular formula is C21H24FN5O2S. The van der Waals surface area contributed by atoms with Gasteiger partial charge in [-0.3, -0.25) is 0 Å². The van der Waals surface area contributed by atoms with Gasteiger partial charge in [-0.15, -0.1) is 0 Å². The molecular weight excluding hydrogens is 405 g/mol. The van der Waals surface area contributed by atoms with Crippen LogP contribution in [0.1, 0.15) is 30.4 Å². The highest BCUT2D eigenvalue weighted by Crippen LogP contribution is 2.21. The molecule has 0 atom stereocenters. The molecule has 0 saturated carbocycles. The number of nitrogens with zero attached hydrogens (tertiary/aromatic N) is 4. The maximum Gasteiger partial charge on any atom is 0.243 e. The number of nitrogens with one attached hydrogen (secondary N) is 1. The van der Waals surface area contributed by atoms with Crippen molar-refractivity contribution in [3.8, 4) is 5.69 Å². The Labute approximate surface area is 175 Å². The van der Waals surface area contributed by atoms with E-state index in [1.807, 2.05) is 18.2 Å². The number of rotatable bonds is 7. The van der Waals surface area contributed by atoms with E-state index in [1.165, 1.54) is 23.4 Å². The van der Waals surface area contributed by atoms with Gasteiger partial charge >= 0.3 is 0 Å². The highest BCUT2D eigenvalue weighted by molar-refractivity contribution is 7.89. The molecule has 9 heteroatoms. The second-order valence-corrected chi connectivity index (χ2v) is 9.28. The fraction of sp³-hybridized carbons (Fsp3) is 0.333. The molecule has 2 heterocycles. The lowest BCUT2D eigenvalue weighted by molar-refractivity contribution is 0.346. The number of benzene rings is 2. The van der Waals surface area contributed by atoms with Gasteiger partial charge in [-0.2, -0.15) is 9.40 Å². The Morgan fingerprint density at radius 3 is 2.33 bits per heavy atom. The van der Waals surface area contributed by atoms with Crippen molar-refractivity contribution in [2.45, 2.75) is 37.2 Å². The standard InChI is InChI=1S/C21H24FN5O2S/c22-20-12-18(6-9-21(20)27-16-24-15-25-27)14-23-13-17-4-7-19(8-5-17)30(28,29)26-10-2-1-3-11-26/h4-9,12,15-16,23H,1-3,10-11,13-14H2. The van der Waals surface area contributed by atoms with Crippen LogP contribution in [0.5, 0.6) is 0 Å². The van der Waals surface area contributed by atoms with Crippen LogP contribution in [0.3, 0.4) is 0 Å². The van der Waals surface area contributed by atoms with E-state index in [0.717, 1.165) is 30.4 Å². The Bertz CT molecular complexity index is 1080. The summed E-state index contributed by atoms with van der Waals surface area (Å²) < 4.78 is 42.7. The van der Waals surface area contributed by atoms with Gasteiger partial charge in [0, 0.05) is 26.2 Å². The molecule has 1 aliphatic heterocycles. The average Bonchev–Trinajstić information content (AvgIpc) is 3.29. The number of hydrogen-bond donors (Lipinski definition) is 1. The zero-order chi connectivity index (χ0) is 21.0. The minimum atomic E-state index is -3.41. The van der Waals surface area contributed by atoms with Crippen molar-refractivity contribution < 1.29 is 12.8 Å². The number of piperidine rings is 1. The number of aromatic nitrogens is 3. The van der Waals surface area contributed by atoms with Gasteiger partial charge in [-0.1, -0.05) is 24.6 Å². The summed E-state index contributed by atoms with van der Waals surface area (Å²) in [6.45, 7) is 2.23. The molecule has 1 fully saturated rings. The largest absolute Gasteiger partial charge is 0.309 e. The zero-order valence-electron chi connectivity index (χ0n) is 16.5. The summed E-state index contributed by atoms with van der Waals surface area (Å²) in [5.41, 5.74) is 2.12. The molecule has 0 aliphatic carbocycles. The third kappa shape index (κ3) is 4.58. The van der Waals surface area contributed by atoms with E-state index in [1.54, 1.807) is 22.5 Å². The summed E-state index contributed by atoms with van der Waals surface area (Å²) in [5.74, 6) is -0.368. The van der Waals surface area contributed by atoms with E-state index in [4.69, 9.17) is 0 Å². The smallest absolute Gasteiger partial charge is 0.243 e. The Kier molecular flexibility index (Phi) is 6.21. The van der Waals surface area contributed by atoms with E-state index >= 15 is 0 Å². The van der Waals surface area contributed by atoms with Crippen molar-refractivity contribution in [3.05, 3.63) is 72.1 Å². The first-order valence-corrected chi connectivity index (χ1v) is 11.4. The van der Waals surface area contributed by atoms with Gasteiger partial charge in [0.2, 0.25) is 10.0 Å². The van der Waals surface area contributed by atoms with Crippen molar-refractivity contribution in [3.63, 3.8) is 0 Å². The summed E-state index contributed by atoms with van der Waals surface area (Å²) in [6, 6.07) is 11.9. The highest BCUT2D eigenvalue weighted by atomic mass is 32.2. The number of sulfonamides is 1. The van der Waals surface area contributed by atoms with Gasteiger partial charge in [0.1, 0.15) is 24.2 Å². The molecule has 30 heavy (non-hydrogen) atoms. The van der Waals surface area contributed by atoms with Crippen molar-refractivity contribution in [1.29, 1.82) is 0 Å². The van der Waals surface area contributed by atoms with Crippen molar-refractivity contribution in [2.75, 3.05) is 13.1 Å². The Morgan fingerprint density at radius 1 is 0.967 bits per heavy atom. The lowest BCUT2D eigenvalue weighted by Gasteiger charge is -2.25. The van der Waals surface area contributed by atoms with Crippen LogP contribution in [-0.2, 0) is 23.1 Å². The zero-order valence-corrected chi connectivity index (χ0v) is 17.4. The van der Waals surface area contributed by atoms with Crippen LogP contribution in [0.25, 0.3) is 5.69 Å². The molecule has 1 aliphatic rings. The maximum absolute atomic E-state index is 14.3. The summed E-state index contributed by atoms with van der Waals surface area (Å²) >= 11 is 0. The molecule has 0 amide bonds. The topological polar surface area (TPSA) is 80.1 Å².